The first-order valence-electron chi connectivity index (χ1n) is 12.4. The topological polar surface area (TPSA) is 50.0 Å². The van der Waals surface area contributed by atoms with Crippen LogP contribution in [0.15, 0.2) is 121 Å². The zero-order valence-electron chi connectivity index (χ0n) is 20.9. The van der Waals surface area contributed by atoms with E-state index in [1.54, 1.807) is 14.2 Å². The number of aromatic amines is 2. The normalized spacial score (nSPS) is 12.8. The summed E-state index contributed by atoms with van der Waals surface area (Å²) < 4.78 is 11.5. The van der Waals surface area contributed by atoms with E-state index in [1.807, 2.05) is 36.5 Å². The van der Waals surface area contributed by atoms with Gasteiger partial charge in [-0.05, 0) is 47.5 Å². The number of hydrogen-bond donors (Lipinski definition) is 2. The van der Waals surface area contributed by atoms with Crippen LogP contribution in [0.4, 0.5) is 0 Å². The molecule has 0 radical (unpaired) electrons. The summed E-state index contributed by atoms with van der Waals surface area (Å²) in [5.74, 6) is 1.62. The second-order valence-corrected chi connectivity index (χ2v) is 9.05. The summed E-state index contributed by atoms with van der Waals surface area (Å²) in [5, 5.41) is 1.17. The van der Waals surface area contributed by atoms with E-state index < -0.39 is 5.41 Å². The molecule has 4 aromatic carbocycles. The molecule has 37 heavy (non-hydrogen) atoms. The Morgan fingerprint density at radius 3 is 2.11 bits per heavy atom. The highest BCUT2D eigenvalue weighted by molar-refractivity contribution is 5.99. The lowest BCUT2D eigenvalue weighted by atomic mass is 9.67. The van der Waals surface area contributed by atoms with Gasteiger partial charge in [-0.25, -0.2) is 0 Å². The van der Waals surface area contributed by atoms with Crippen LogP contribution in [-0.2, 0) is 5.41 Å². The fourth-order valence-electron chi connectivity index (χ4n) is 5.56. The molecule has 0 spiro atoms. The predicted molar refractivity (Wildman–Crippen MR) is 149 cm³/mol. The molecule has 2 N–H and O–H groups in total. The number of H-pyrrole nitrogens is 2. The van der Waals surface area contributed by atoms with E-state index in [1.165, 1.54) is 5.39 Å². The zero-order valence-corrected chi connectivity index (χ0v) is 20.9. The molecule has 1 atom stereocenters. The standard InChI is InChI=1S/C33H28N2O2/c1-36-25-20-18-24(19-21-25)33(30-17-10-22-34-30,27-14-7-9-16-29(27)37-2)32-31(23-11-4-3-5-12-23)26-13-6-8-15-28(26)35-32/h3-22,34-35H,1-2H3. The lowest BCUT2D eigenvalue weighted by Crippen LogP contribution is -2.33. The van der Waals surface area contributed by atoms with Gasteiger partial charge in [0.05, 0.1) is 14.2 Å². The number of hydrogen-bond acceptors (Lipinski definition) is 2. The molecule has 0 aliphatic carbocycles. The lowest BCUT2D eigenvalue weighted by molar-refractivity contribution is 0.404. The molecule has 0 fully saturated rings. The predicted octanol–water partition coefficient (Wildman–Crippen LogP) is 7.56. The first-order valence-corrected chi connectivity index (χ1v) is 12.4. The van der Waals surface area contributed by atoms with Crippen LogP contribution in [0.25, 0.3) is 22.0 Å². The first-order chi connectivity index (χ1) is 18.3. The van der Waals surface area contributed by atoms with Crippen molar-refractivity contribution in [1.29, 1.82) is 0 Å². The Hall–Kier alpha value is -4.70. The molecule has 2 heterocycles. The minimum absolute atomic E-state index is 0.743. The van der Waals surface area contributed by atoms with Crippen LogP contribution in [0.2, 0.25) is 0 Å². The van der Waals surface area contributed by atoms with Crippen molar-refractivity contribution < 1.29 is 9.47 Å². The maximum Gasteiger partial charge on any atom is 0.123 e. The number of para-hydroxylation sites is 2. The Balaban J connectivity index is 1.82. The van der Waals surface area contributed by atoms with Gasteiger partial charge in [0.2, 0.25) is 0 Å². The monoisotopic (exact) mass is 484 g/mol. The Bertz CT molecular complexity index is 1630. The van der Waals surface area contributed by atoms with Crippen LogP contribution in [-0.4, -0.2) is 24.2 Å². The Labute approximate surface area is 216 Å². The molecule has 4 heteroatoms. The Morgan fingerprint density at radius 2 is 1.38 bits per heavy atom. The number of ether oxygens (including phenoxy) is 2. The molecule has 0 bridgehead atoms. The molecule has 1 unspecified atom stereocenters. The summed E-state index contributed by atoms with van der Waals surface area (Å²) in [6.45, 7) is 0. The highest BCUT2D eigenvalue weighted by Gasteiger charge is 2.45. The van der Waals surface area contributed by atoms with Gasteiger partial charge >= 0.3 is 0 Å². The van der Waals surface area contributed by atoms with Gasteiger partial charge in [0.25, 0.3) is 0 Å². The molecular formula is C33H28N2O2. The summed E-state index contributed by atoms with van der Waals surface area (Å²) in [7, 11) is 3.42. The highest BCUT2D eigenvalue weighted by Crippen LogP contribution is 2.51. The number of rotatable bonds is 7. The minimum atomic E-state index is -0.743. The molecule has 0 aliphatic rings. The molecule has 6 rings (SSSR count). The van der Waals surface area contributed by atoms with Crippen molar-refractivity contribution in [3.63, 3.8) is 0 Å². The Morgan fingerprint density at radius 1 is 0.649 bits per heavy atom. The van der Waals surface area contributed by atoms with Gasteiger partial charge in [-0.15, -0.1) is 0 Å². The summed E-state index contributed by atoms with van der Waals surface area (Å²) in [5.41, 5.74) is 6.87. The van der Waals surface area contributed by atoms with Crippen LogP contribution in [0, 0.1) is 0 Å². The molecular weight excluding hydrogens is 456 g/mol. The molecule has 0 saturated carbocycles. The van der Waals surface area contributed by atoms with Crippen LogP contribution in [0.5, 0.6) is 11.5 Å². The van der Waals surface area contributed by atoms with E-state index in [2.05, 4.69) is 94.9 Å². The molecule has 182 valence electrons. The molecule has 0 saturated heterocycles. The lowest BCUT2D eigenvalue weighted by Gasteiger charge is -2.36. The van der Waals surface area contributed by atoms with Crippen LogP contribution in [0.1, 0.15) is 22.5 Å². The number of fused-ring (bicyclic) bond motifs is 1. The minimum Gasteiger partial charge on any atom is -0.497 e. The first kappa shape index (κ1) is 22.7. The Kier molecular flexibility index (Phi) is 5.78. The molecule has 0 aliphatic heterocycles. The van der Waals surface area contributed by atoms with Gasteiger partial charge in [-0.1, -0.05) is 78.9 Å². The molecule has 0 amide bonds. The number of nitrogens with one attached hydrogen (secondary N) is 2. The molecule has 4 nitrogen and oxygen atoms in total. The second-order valence-electron chi connectivity index (χ2n) is 9.05. The largest absolute Gasteiger partial charge is 0.497 e. The van der Waals surface area contributed by atoms with Crippen molar-refractivity contribution in [2.24, 2.45) is 0 Å². The van der Waals surface area contributed by atoms with E-state index in [0.717, 1.165) is 50.7 Å². The van der Waals surface area contributed by atoms with Crippen molar-refractivity contribution in [2.45, 2.75) is 5.41 Å². The summed E-state index contributed by atoms with van der Waals surface area (Å²) in [6, 6.07) is 39.9. The van der Waals surface area contributed by atoms with Crippen molar-refractivity contribution >= 4 is 10.9 Å². The van der Waals surface area contributed by atoms with Gasteiger partial charge in [0.1, 0.15) is 16.9 Å². The quantitative estimate of drug-likeness (QED) is 0.246. The van der Waals surface area contributed by atoms with Gasteiger partial charge in [0.15, 0.2) is 0 Å². The van der Waals surface area contributed by atoms with Crippen LogP contribution < -0.4 is 9.47 Å². The van der Waals surface area contributed by atoms with Gasteiger partial charge in [0, 0.05) is 39.6 Å². The zero-order chi connectivity index (χ0) is 25.2. The SMILES string of the molecule is COc1ccc(C(c2ccc[nH]2)(c2ccccc2OC)c2[nH]c3ccccc3c2-c2ccccc2)cc1. The second kappa shape index (κ2) is 9.40. The van der Waals surface area contributed by atoms with Crippen LogP contribution >= 0.6 is 0 Å². The van der Waals surface area contributed by atoms with Crippen molar-refractivity contribution in [3.8, 4) is 22.6 Å². The fraction of sp³-hybridized carbons (Fsp3) is 0.0909. The summed E-state index contributed by atoms with van der Waals surface area (Å²) in [6.07, 6.45) is 1.98. The van der Waals surface area contributed by atoms with Gasteiger partial charge in [-0.3, -0.25) is 0 Å². The maximum absolute atomic E-state index is 6.00. The third-order valence-corrected chi connectivity index (χ3v) is 7.18. The van der Waals surface area contributed by atoms with Crippen molar-refractivity contribution in [1.82, 2.24) is 9.97 Å². The van der Waals surface area contributed by atoms with Crippen LogP contribution in [0.3, 0.4) is 0 Å². The van der Waals surface area contributed by atoms with E-state index in [9.17, 15) is 0 Å². The number of methoxy groups -OCH3 is 2. The van der Waals surface area contributed by atoms with Crippen molar-refractivity contribution in [3.05, 3.63) is 144 Å². The summed E-state index contributed by atoms with van der Waals surface area (Å²) in [4.78, 5) is 7.43. The highest BCUT2D eigenvalue weighted by atomic mass is 16.5. The van der Waals surface area contributed by atoms with Crippen molar-refractivity contribution in [2.75, 3.05) is 14.2 Å². The van der Waals surface area contributed by atoms with Gasteiger partial charge < -0.3 is 19.4 Å². The number of aromatic nitrogens is 2. The molecule has 6 aromatic rings. The average molecular weight is 485 g/mol. The van der Waals surface area contributed by atoms with E-state index in [4.69, 9.17) is 9.47 Å². The number of benzene rings is 4. The fourth-order valence-corrected chi connectivity index (χ4v) is 5.56. The smallest absolute Gasteiger partial charge is 0.123 e. The average Bonchev–Trinajstić information content (AvgIpc) is 3.64. The summed E-state index contributed by atoms with van der Waals surface area (Å²) >= 11 is 0. The molecule has 2 aromatic heterocycles. The third kappa shape index (κ3) is 3.61. The van der Waals surface area contributed by atoms with E-state index in [0.29, 0.717) is 0 Å². The van der Waals surface area contributed by atoms with E-state index >= 15 is 0 Å². The maximum atomic E-state index is 6.00. The van der Waals surface area contributed by atoms with E-state index in [-0.39, 0.29) is 0 Å². The third-order valence-electron chi connectivity index (χ3n) is 7.18. The van der Waals surface area contributed by atoms with Gasteiger partial charge in [-0.2, -0.15) is 0 Å².